The summed E-state index contributed by atoms with van der Waals surface area (Å²) in [4.78, 5) is 19.2. The molecule has 1 saturated heterocycles. The monoisotopic (exact) mass is 316 g/mol. The third-order valence-corrected chi connectivity index (χ3v) is 4.52. The van der Waals surface area contributed by atoms with Crippen LogP contribution in [0.3, 0.4) is 0 Å². The summed E-state index contributed by atoms with van der Waals surface area (Å²) < 4.78 is 9.19. The molecule has 0 spiro atoms. The molecule has 6 heteroatoms. The summed E-state index contributed by atoms with van der Waals surface area (Å²) in [5.74, 6) is 1.46. The van der Waals surface area contributed by atoms with Gasteiger partial charge in [-0.15, -0.1) is 0 Å². The number of carbonyl (C=O) groups excluding carboxylic acids is 1. The molecule has 23 heavy (non-hydrogen) atoms. The molecule has 0 N–H and O–H groups in total. The average molecular weight is 316 g/mol. The van der Waals surface area contributed by atoms with Gasteiger partial charge in [0, 0.05) is 58.3 Å². The van der Waals surface area contributed by atoms with Crippen molar-refractivity contribution in [3.8, 4) is 0 Å². The van der Waals surface area contributed by atoms with E-state index in [1.165, 1.54) is 0 Å². The fourth-order valence-corrected chi connectivity index (χ4v) is 3.28. The van der Waals surface area contributed by atoms with E-state index < -0.39 is 0 Å². The van der Waals surface area contributed by atoms with Gasteiger partial charge in [0.25, 0.3) is 5.91 Å². The van der Waals surface area contributed by atoms with Crippen LogP contribution in [0.15, 0.2) is 30.7 Å². The SMILES string of the molecule is COCCn1ccnc1C1CCCN(C(=O)c2cccn2C)C1. The Labute approximate surface area is 136 Å². The first-order chi connectivity index (χ1) is 11.2. The third-order valence-electron chi connectivity index (χ3n) is 4.52. The molecule has 0 saturated carbocycles. The summed E-state index contributed by atoms with van der Waals surface area (Å²) in [6.07, 6.45) is 7.82. The summed E-state index contributed by atoms with van der Waals surface area (Å²) in [6.45, 7) is 3.02. The topological polar surface area (TPSA) is 52.3 Å². The predicted octanol–water partition coefficient (Wildman–Crippen LogP) is 1.89. The zero-order valence-electron chi connectivity index (χ0n) is 13.8. The first-order valence-corrected chi connectivity index (χ1v) is 8.11. The molecule has 1 unspecified atom stereocenters. The lowest BCUT2D eigenvalue weighted by molar-refractivity contribution is 0.0693. The highest BCUT2D eigenvalue weighted by atomic mass is 16.5. The second kappa shape index (κ2) is 7.00. The van der Waals surface area contributed by atoms with E-state index in [0.717, 1.165) is 44.0 Å². The van der Waals surface area contributed by atoms with Crippen molar-refractivity contribution in [2.45, 2.75) is 25.3 Å². The molecular weight excluding hydrogens is 292 g/mol. The van der Waals surface area contributed by atoms with Gasteiger partial charge in [-0.25, -0.2) is 4.98 Å². The van der Waals surface area contributed by atoms with Crippen molar-refractivity contribution in [2.24, 2.45) is 7.05 Å². The number of piperidine rings is 1. The van der Waals surface area contributed by atoms with Gasteiger partial charge in [-0.05, 0) is 25.0 Å². The molecule has 1 aliphatic rings. The highest BCUT2D eigenvalue weighted by Crippen LogP contribution is 2.26. The van der Waals surface area contributed by atoms with E-state index in [0.29, 0.717) is 12.5 Å². The number of nitrogens with zero attached hydrogens (tertiary/aromatic N) is 4. The molecule has 0 aliphatic carbocycles. The second-order valence-electron chi connectivity index (χ2n) is 6.07. The van der Waals surface area contributed by atoms with Gasteiger partial charge >= 0.3 is 0 Å². The van der Waals surface area contributed by atoms with E-state index in [-0.39, 0.29) is 5.91 Å². The Hall–Kier alpha value is -2.08. The van der Waals surface area contributed by atoms with Crippen molar-refractivity contribution >= 4 is 5.91 Å². The van der Waals surface area contributed by atoms with E-state index in [2.05, 4.69) is 9.55 Å². The lowest BCUT2D eigenvalue weighted by atomic mass is 9.97. The number of aromatic nitrogens is 3. The Kier molecular flexibility index (Phi) is 4.81. The van der Waals surface area contributed by atoms with Crippen LogP contribution in [0.25, 0.3) is 0 Å². The molecule has 3 heterocycles. The zero-order valence-corrected chi connectivity index (χ0v) is 13.8. The molecule has 1 atom stereocenters. The van der Waals surface area contributed by atoms with Crippen LogP contribution in [0.5, 0.6) is 0 Å². The number of carbonyl (C=O) groups is 1. The van der Waals surface area contributed by atoms with Crippen molar-refractivity contribution in [3.63, 3.8) is 0 Å². The average Bonchev–Trinajstić information content (AvgIpc) is 3.21. The van der Waals surface area contributed by atoms with Gasteiger partial charge < -0.3 is 18.8 Å². The van der Waals surface area contributed by atoms with Crippen LogP contribution < -0.4 is 0 Å². The fourth-order valence-electron chi connectivity index (χ4n) is 3.28. The Morgan fingerprint density at radius 1 is 1.43 bits per heavy atom. The first kappa shape index (κ1) is 15.8. The van der Waals surface area contributed by atoms with Gasteiger partial charge in [0.15, 0.2) is 0 Å². The number of imidazole rings is 1. The van der Waals surface area contributed by atoms with Crippen molar-refractivity contribution in [2.75, 3.05) is 26.8 Å². The van der Waals surface area contributed by atoms with E-state index >= 15 is 0 Å². The molecule has 2 aromatic rings. The largest absolute Gasteiger partial charge is 0.383 e. The first-order valence-electron chi connectivity index (χ1n) is 8.11. The summed E-state index contributed by atoms with van der Waals surface area (Å²) in [5.41, 5.74) is 0.744. The van der Waals surface area contributed by atoms with Crippen LogP contribution in [0.4, 0.5) is 0 Å². The molecule has 6 nitrogen and oxygen atoms in total. The molecule has 1 aliphatic heterocycles. The van der Waals surface area contributed by atoms with Crippen LogP contribution in [-0.4, -0.2) is 51.7 Å². The number of methoxy groups -OCH3 is 1. The molecule has 0 bridgehead atoms. The van der Waals surface area contributed by atoms with Crippen LogP contribution in [0.1, 0.15) is 35.1 Å². The highest BCUT2D eigenvalue weighted by Gasteiger charge is 2.28. The maximum atomic E-state index is 12.7. The predicted molar refractivity (Wildman–Crippen MR) is 87.4 cm³/mol. The Morgan fingerprint density at radius 3 is 3.04 bits per heavy atom. The Balaban J connectivity index is 1.72. The van der Waals surface area contributed by atoms with Crippen LogP contribution in [0, 0.1) is 0 Å². The zero-order chi connectivity index (χ0) is 16.2. The third kappa shape index (κ3) is 3.32. The molecule has 1 amide bonds. The minimum absolute atomic E-state index is 0.109. The van der Waals surface area contributed by atoms with Crippen LogP contribution >= 0.6 is 0 Å². The smallest absolute Gasteiger partial charge is 0.270 e. The summed E-state index contributed by atoms with van der Waals surface area (Å²) in [5, 5.41) is 0. The van der Waals surface area contributed by atoms with Gasteiger partial charge in [-0.2, -0.15) is 0 Å². The van der Waals surface area contributed by atoms with Gasteiger partial charge in [0.05, 0.1) is 6.61 Å². The summed E-state index contributed by atoms with van der Waals surface area (Å²) in [7, 11) is 3.61. The minimum Gasteiger partial charge on any atom is -0.383 e. The van der Waals surface area contributed by atoms with Crippen molar-refractivity contribution in [1.82, 2.24) is 19.0 Å². The molecule has 1 fully saturated rings. The van der Waals surface area contributed by atoms with Gasteiger partial charge in [-0.3, -0.25) is 4.79 Å². The number of aryl methyl sites for hydroxylation is 1. The van der Waals surface area contributed by atoms with Crippen molar-refractivity contribution in [3.05, 3.63) is 42.2 Å². The molecule has 2 aromatic heterocycles. The number of amides is 1. The highest BCUT2D eigenvalue weighted by molar-refractivity contribution is 5.92. The van der Waals surface area contributed by atoms with Crippen LogP contribution in [-0.2, 0) is 18.3 Å². The lowest BCUT2D eigenvalue weighted by Crippen LogP contribution is -2.40. The quantitative estimate of drug-likeness (QED) is 0.846. The second-order valence-corrected chi connectivity index (χ2v) is 6.07. The van der Waals surface area contributed by atoms with Crippen LogP contribution in [0.2, 0.25) is 0 Å². The molecular formula is C17H24N4O2. The van der Waals surface area contributed by atoms with E-state index in [1.54, 1.807) is 7.11 Å². The number of rotatable bonds is 5. The molecule has 0 aromatic carbocycles. The molecule has 0 radical (unpaired) electrons. The Bertz CT molecular complexity index is 661. The molecule has 3 rings (SSSR count). The van der Waals surface area contributed by atoms with Gasteiger partial charge in [0.2, 0.25) is 0 Å². The number of hydrogen-bond donors (Lipinski definition) is 0. The van der Waals surface area contributed by atoms with Crippen molar-refractivity contribution < 1.29 is 9.53 Å². The van der Waals surface area contributed by atoms with E-state index in [1.807, 2.05) is 47.2 Å². The Morgan fingerprint density at radius 2 is 2.30 bits per heavy atom. The van der Waals surface area contributed by atoms with E-state index in [4.69, 9.17) is 4.74 Å². The number of ether oxygens (including phenoxy) is 1. The van der Waals surface area contributed by atoms with Crippen molar-refractivity contribution in [1.29, 1.82) is 0 Å². The summed E-state index contributed by atoms with van der Waals surface area (Å²) >= 11 is 0. The van der Waals surface area contributed by atoms with Gasteiger partial charge in [-0.1, -0.05) is 0 Å². The van der Waals surface area contributed by atoms with Gasteiger partial charge in [0.1, 0.15) is 11.5 Å². The maximum absolute atomic E-state index is 12.7. The number of hydrogen-bond acceptors (Lipinski definition) is 3. The summed E-state index contributed by atoms with van der Waals surface area (Å²) in [6, 6.07) is 3.79. The normalized spacial score (nSPS) is 18.3. The lowest BCUT2D eigenvalue weighted by Gasteiger charge is -2.32. The fraction of sp³-hybridized carbons (Fsp3) is 0.529. The molecule has 124 valence electrons. The maximum Gasteiger partial charge on any atom is 0.270 e. The standard InChI is InChI=1S/C17H24N4O2/c1-19-8-4-6-15(19)17(22)21-9-3-5-14(13-21)16-18-7-10-20(16)11-12-23-2/h4,6-8,10,14H,3,5,9,11-13H2,1-2H3. The van der Waals surface area contributed by atoms with E-state index in [9.17, 15) is 4.79 Å². The minimum atomic E-state index is 0.109. The number of likely N-dealkylation sites (tertiary alicyclic amines) is 1.